The van der Waals surface area contributed by atoms with Crippen LogP contribution in [0.15, 0.2) is 0 Å². The molecule has 2 aliphatic rings. The van der Waals surface area contributed by atoms with Crippen molar-refractivity contribution >= 4 is 5.91 Å². The summed E-state index contributed by atoms with van der Waals surface area (Å²) >= 11 is 0. The molecule has 4 heteroatoms. The summed E-state index contributed by atoms with van der Waals surface area (Å²) in [4.78, 5) is 18.8. The van der Waals surface area contributed by atoms with Gasteiger partial charge >= 0.3 is 0 Å². The van der Waals surface area contributed by atoms with Gasteiger partial charge in [0.05, 0.1) is 5.92 Å². The van der Waals surface area contributed by atoms with Crippen molar-refractivity contribution in [2.45, 2.75) is 19.9 Å². The zero-order valence-corrected chi connectivity index (χ0v) is 10.6. The molecule has 16 heavy (non-hydrogen) atoms. The van der Waals surface area contributed by atoms with Gasteiger partial charge in [0.2, 0.25) is 5.91 Å². The first kappa shape index (κ1) is 11.9. The minimum atomic E-state index is 0.269. The van der Waals surface area contributed by atoms with E-state index >= 15 is 0 Å². The van der Waals surface area contributed by atoms with Crippen LogP contribution in [-0.2, 0) is 4.79 Å². The van der Waals surface area contributed by atoms with E-state index < -0.39 is 0 Å². The third-order valence-corrected chi connectivity index (χ3v) is 3.80. The number of nitrogens with zero attached hydrogens (tertiary/aromatic N) is 3. The summed E-state index contributed by atoms with van der Waals surface area (Å²) in [6, 6.07) is 0.580. The van der Waals surface area contributed by atoms with Gasteiger partial charge in [-0.05, 0) is 20.9 Å². The van der Waals surface area contributed by atoms with Gasteiger partial charge in [-0.2, -0.15) is 0 Å². The van der Waals surface area contributed by atoms with E-state index in [9.17, 15) is 4.79 Å². The third kappa shape index (κ3) is 2.38. The second-order valence-electron chi connectivity index (χ2n) is 5.37. The highest BCUT2D eigenvalue weighted by molar-refractivity contribution is 5.80. The Balaban J connectivity index is 1.77. The molecular formula is C12H23N3O. The summed E-state index contributed by atoms with van der Waals surface area (Å²) in [5.74, 6) is 0.649. The molecule has 0 radical (unpaired) electrons. The van der Waals surface area contributed by atoms with E-state index in [-0.39, 0.29) is 5.92 Å². The van der Waals surface area contributed by atoms with Crippen molar-refractivity contribution in [3.8, 4) is 0 Å². The van der Waals surface area contributed by atoms with Gasteiger partial charge < -0.3 is 9.80 Å². The number of likely N-dealkylation sites (N-methyl/N-ethyl adjacent to an activating group) is 1. The Morgan fingerprint density at radius 2 is 1.69 bits per heavy atom. The van der Waals surface area contributed by atoms with Crippen LogP contribution in [0.25, 0.3) is 0 Å². The second kappa shape index (κ2) is 4.72. The lowest BCUT2D eigenvalue weighted by Gasteiger charge is -2.44. The fourth-order valence-electron chi connectivity index (χ4n) is 2.38. The fraction of sp³-hybridized carbons (Fsp3) is 0.917. The Hall–Kier alpha value is -0.610. The molecule has 0 aromatic carbocycles. The van der Waals surface area contributed by atoms with Crippen molar-refractivity contribution in [2.24, 2.45) is 5.92 Å². The maximum Gasteiger partial charge on any atom is 0.228 e. The minimum absolute atomic E-state index is 0.269. The monoisotopic (exact) mass is 225 g/mol. The number of likely N-dealkylation sites (tertiary alicyclic amines) is 1. The maximum absolute atomic E-state index is 12.1. The van der Waals surface area contributed by atoms with E-state index in [1.807, 2.05) is 4.90 Å². The van der Waals surface area contributed by atoms with Crippen LogP contribution < -0.4 is 0 Å². The van der Waals surface area contributed by atoms with Gasteiger partial charge in [-0.3, -0.25) is 9.69 Å². The van der Waals surface area contributed by atoms with E-state index in [4.69, 9.17) is 0 Å². The van der Waals surface area contributed by atoms with Crippen LogP contribution in [-0.4, -0.2) is 73.0 Å². The number of piperazine rings is 1. The van der Waals surface area contributed by atoms with Crippen molar-refractivity contribution in [3.05, 3.63) is 0 Å². The van der Waals surface area contributed by atoms with Crippen molar-refractivity contribution in [1.82, 2.24) is 14.7 Å². The molecule has 0 N–H and O–H groups in total. The summed E-state index contributed by atoms with van der Waals surface area (Å²) in [6.45, 7) is 10.2. The van der Waals surface area contributed by atoms with E-state index in [1.165, 1.54) is 0 Å². The first-order valence-corrected chi connectivity index (χ1v) is 6.29. The number of rotatable bonds is 2. The number of carbonyl (C=O) groups excluding carboxylic acids is 1. The van der Waals surface area contributed by atoms with Crippen molar-refractivity contribution < 1.29 is 4.79 Å². The predicted octanol–water partition coefficient (Wildman–Crippen LogP) is 0.101. The van der Waals surface area contributed by atoms with Gasteiger partial charge in [0, 0.05) is 45.3 Å². The Morgan fingerprint density at radius 1 is 1.12 bits per heavy atom. The zero-order valence-electron chi connectivity index (χ0n) is 10.6. The van der Waals surface area contributed by atoms with Crippen molar-refractivity contribution in [3.63, 3.8) is 0 Å². The van der Waals surface area contributed by atoms with Crippen LogP contribution in [0.2, 0.25) is 0 Å². The summed E-state index contributed by atoms with van der Waals surface area (Å²) in [6.07, 6.45) is 0. The van der Waals surface area contributed by atoms with Crippen LogP contribution in [0, 0.1) is 5.92 Å². The lowest BCUT2D eigenvalue weighted by molar-refractivity contribution is -0.143. The molecule has 4 nitrogen and oxygen atoms in total. The van der Waals surface area contributed by atoms with Crippen LogP contribution in [0.1, 0.15) is 13.8 Å². The first-order valence-electron chi connectivity index (χ1n) is 6.29. The normalized spacial score (nSPS) is 24.9. The molecule has 1 amide bonds. The predicted molar refractivity (Wildman–Crippen MR) is 64.3 cm³/mol. The van der Waals surface area contributed by atoms with Crippen LogP contribution in [0.4, 0.5) is 0 Å². The standard InChI is InChI=1S/C12H23N3O/c1-10(2)15-8-11(9-15)12(16)14-6-4-13(3)5-7-14/h10-11H,4-9H2,1-3H3. The van der Waals surface area contributed by atoms with Gasteiger partial charge in [0.25, 0.3) is 0 Å². The van der Waals surface area contributed by atoms with Crippen LogP contribution in [0.3, 0.4) is 0 Å². The summed E-state index contributed by atoms with van der Waals surface area (Å²) in [5.41, 5.74) is 0. The zero-order chi connectivity index (χ0) is 11.7. The molecule has 2 fully saturated rings. The number of amides is 1. The molecule has 0 bridgehead atoms. The molecular weight excluding hydrogens is 202 g/mol. The molecule has 2 aliphatic heterocycles. The molecule has 0 unspecified atom stereocenters. The Kier molecular flexibility index (Phi) is 3.50. The smallest absolute Gasteiger partial charge is 0.228 e. The molecule has 0 saturated carbocycles. The molecule has 0 aromatic rings. The molecule has 2 heterocycles. The highest BCUT2D eigenvalue weighted by atomic mass is 16.2. The van der Waals surface area contributed by atoms with E-state index in [1.54, 1.807) is 0 Å². The minimum Gasteiger partial charge on any atom is -0.340 e. The Morgan fingerprint density at radius 3 is 2.19 bits per heavy atom. The topological polar surface area (TPSA) is 26.8 Å². The van der Waals surface area contributed by atoms with E-state index in [0.29, 0.717) is 11.9 Å². The molecule has 0 spiro atoms. The Bertz CT molecular complexity index is 253. The van der Waals surface area contributed by atoms with Crippen molar-refractivity contribution in [1.29, 1.82) is 0 Å². The summed E-state index contributed by atoms with van der Waals surface area (Å²) in [5, 5.41) is 0. The van der Waals surface area contributed by atoms with E-state index in [0.717, 1.165) is 39.3 Å². The highest BCUT2D eigenvalue weighted by Gasteiger charge is 2.36. The highest BCUT2D eigenvalue weighted by Crippen LogP contribution is 2.21. The average molecular weight is 225 g/mol. The van der Waals surface area contributed by atoms with Gasteiger partial charge in [-0.25, -0.2) is 0 Å². The van der Waals surface area contributed by atoms with Gasteiger partial charge in [-0.1, -0.05) is 0 Å². The lowest BCUT2D eigenvalue weighted by atomic mass is 9.96. The molecule has 0 aromatic heterocycles. The summed E-state index contributed by atoms with van der Waals surface area (Å²) < 4.78 is 0. The largest absolute Gasteiger partial charge is 0.340 e. The second-order valence-corrected chi connectivity index (χ2v) is 5.37. The molecule has 2 rings (SSSR count). The fourth-order valence-corrected chi connectivity index (χ4v) is 2.38. The van der Waals surface area contributed by atoms with Gasteiger partial charge in [0.1, 0.15) is 0 Å². The average Bonchev–Trinajstić information content (AvgIpc) is 2.15. The van der Waals surface area contributed by atoms with Gasteiger partial charge in [0.15, 0.2) is 0 Å². The molecule has 2 saturated heterocycles. The van der Waals surface area contributed by atoms with Gasteiger partial charge in [-0.15, -0.1) is 0 Å². The Labute approximate surface area is 98.2 Å². The first-order chi connectivity index (χ1) is 7.58. The van der Waals surface area contributed by atoms with E-state index in [2.05, 4.69) is 30.7 Å². The number of hydrogen-bond acceptors (Lipinski definition) is 3. The maximum atomic E-state index is 12.1. The molecule has 0 aliphatic carbocycles. The van der Waals surface area contributed by atoms with Crippen molar-refractivity contribution in [2.75, 3.05) is 46.3 Å². The summed E-state index contributed by atoms with van der Waals surface area (Å²) in [7, 11) is 2.12. The number of carbonyl (C=O) groups is 1. The molecule has 92 valence electrons. The van der Waals surface area contributed by atoms with Crippen LogP contribution >= 0.6 is 0 Å². The third-order valence-electron chi connectivity index (χ3n) is 3.80. The lowest BCUT2D eigenvalue weighted by Crippen LogP contribution is -2.58. The SMILES string of the molecule is CC(C)N1CC(C(=O)N2CCN(C)CC2)C1. The quantitative estimate of drug-likeness (QED) is 0.667. The van der Waals surface area contributed by atoms with Crippen LogP contribution in [0.5, 0.6) is 0 Å². The molecule has 0 atom stereocenters. The number of hydrogen-bond donors (Lipinski definition) is 0.